The average molecular weight is 256 g/mol. The Kier molecular flexibility index (Phi) is 11.2. The summed E-state index contributed by atoms with van der Waals surface area (Å²) in [4.78, 5) is 10.5. The van der Waals surface area contributed by atoms with Crippen molar-refractivity contribution in [3.05, 3.63) is 0 Å². The molecule has 18 heavy (non-hydrogen) atoms. The van der Waals surface area contributed by atoms with E-state index >= 15 is 0 Å². The van der Waals surface area contributed by atoms with Crippen molar-refractivity contribution in [3.8, 4) is 0 Å². The minimum atomic E-state index is -0.661. The van der Waals surface area contributed by atoms with E-state index in [2.05, 4.69) is 20.8 Å². The summed E-state index contributed by atoms with van der Waals surface area (Å²) in [6, 6.07) is 0. The molecular weight excluding hydrogens is 224 g/mol. The summed E-state index contributed by atoms with van der Waals surface area (Å²) in [5.41, 5.74) is 0. The molecule has 108 valence electrons. The number of aliphatic carboxylic acids is 1. The van der Waals surface area contributed by atoms with Gasteiger partial charge in [0.05, 0.1) is 0 Å². The van der Waals surface area contributed by atoms with Gasteiger partial charge >= 0.3 is 5.97 Å². The fourth-order valence-corrected chi connectivity index (χ4v) is 2.39. The number of hydrogen-bond donors (Lipinski definition) is 1. The third-order valence-electron chi connectivity index (χ3n) is 3.80. The van der Waals surface area contributed by atoms with Gasteiger partial charge in [-0.05, 0) is 18.3 Å². The molecule has 0 fully saturated rings. The van der Waals surface area contributed by atoms with Crippen molar-refractivity contribution in [2.24, 2.45) is 11.8 Å². The Hall–Kier alpha value is -0.530. The monoisotopic (exact) mass is 256 g/mol. The molecule has 0 rings (SSSR count). The van der Waals surface area contributed by atoms with Crippen LogP contribution in [0.15, 0.2) is 0 Å². The molecule has 0 aliphatic heterocycles. The lowest BCUT2D eigenvalue weighted by Gasteiger charge is -2.13. The predicted octanol–water partition coefficient (Wildman–Crippen LogP) is 5.26. The second kappa shape index (κ2) is 11.6. The van der Waals surface area contributed by atoms with Gasteiger partial charge in [-0.1, -0.05) is 72.1 Å². The van der Waals surface area contributed by atoms with Crippen LogP contribution in [0.1, 0.15) is 85.0 Å². The highest BCUT2D eigenvalue weighted by Gasteiger charge is 2.07. The molecule has 0 radical (unpaired) electrons. The Morgan fingerprint density at radius 2 is 1.44 bits per heavy atom. The molecular formula is C16H32O2. The zero-order chi connectivity index (χ0) is 13.8. The highest BCUT2D eigenvalue weighted by molar-refractivity contribution is 5.66. The quantitative estimate of drug-likeness (QED) is 0.483. The van der Waals surface area contributed by atoms with Gasteiger partial charge < -0.3 is 5.11 Å². The summed E-state index contributed by atoms with van der Waals surface area (Å²) in [7, 11) is 0. The Balaban J connectivity index is 3.37. The Morgan fingerprint density at radius 1 is 0.889 bits per heavy atom. The summed E-state index contributed by atoms with van der Waals surface area (Å²) in [6.45, 7) is 6.78. The fourth-order valence-electron chi connectivity index (χ4n) is 2.39. The Labute approximate surface area is 113 Å². The lowest BCUT2D eigenvalue weighted by atomic mass is 9.93. The molecule has 0 aromatic heterocycles. The van der Waals surface area contributed by atoms with Crippen molar-refractivity contribution in [1.29, 1.82) is 0 Å². The first-order valence-corrected chi connectivity index (χ1v) is 7.78. The maximum Gasteiger partial charge on any atom is 0.303 e. The number of unbranched alkanes of at least 4 members (excludes halogenated alkanes) is 3. The molecule has 0 aliphatic carbocycles. The van der Waals surface area contributed by atoms with Crippen LogP contribution < -0.4 is 0 Å². The Morgan fingerprint density at radius 3 is 2.00 bits per heavy atom. The highest BCUT2D eigenvalue weighted by atomic mass is 16.4. The molecule has 0 spiro atoms. The van der Waals surface area contributed by atoms with Crippen molar-refractivity contribution in [2.75, 3.05) is 0 Å². The maximum atomic E-state index is 10.5. The molecule has 1 N–H and O–H groups in total. The van der Waals surface area contributed by atoms with Crippen LogP contribution >= 0.6 is 0 Å². The van der Waals surface area contributed by atoms with E-state index in [4.69, 9.17) is 5.11 Å². The van der Waals surface area contributed by atoms with E-state index in [1.54, 1.807) is 0 Å². The van der Waals surface area contributed by atoms with Crippen molar-refractivity contribution < 1.29 is 9.90 Å². The average Bonchev–Trinajstić information content (AvgIpc) is 2.32. The smallest absolute Gasteiger partial charge is 0.303 e. The van der Waals surface area contributed by atoms with Crippen LogP contribution in [-0.4, -0.2) is 11.1 Å². The van der Waals surface area contributed by atoms with E-state index in [1.165, 1.54) is 51.4 Å². The molecule has 0 aromatic rings. The molecule has 0 amide bonds. The van der Waals surface area contributed by atoms with Crippen molar-refractivity contribution in [2.45, 2.75) is 85.0 Å². The molecule has 0 aliphatic rings. The molecule has 2 atom stereocenters. The standard InChI is InChI=1S/C16H32O2/c1-4-5-6-7-9-14(2)10-8-11-15(3)12-13-16(17)18/h14-15H,4-13H2,1-3H3,(H,17,18). The summed E-state index contributed by atoms with van der Waals surface area (Å²) < 4.78 is 0. The largest absolute Gasteiger partial charge is 0.481 e. The molecule has 2 unspecified atom stereocenters. The lowest BCUT2D eigenvalue weighted by molar-refractivity contribution is -0.137. The van der Waals surface area contributed by atoms with E-state index in [-0.39, 0.29) is 0 Å². The van der Waals surface area contributed by atoms with Crippen LogP contribution in [-0.2, 0) is 4.79 Å². The molecule has 0 heterocycles. The van der Waals surface area contributed by atoms with E-state index in [1.807, 2.05) is 0 Å². The van der Waals surface area contributed by atoms with Gasteiger partial charge in [0.25, 0.3) is 0 Å². The third kappa shape index (κ3) is 11.9. The van der Waals surface area contributed by atoms with Gasteiger partial charge in [0, 0.05) is 6.42 Å². The van der Waals surface area contributed by atoms with Crippen LogP contribution in [0.25, 0.3) is 0 Å². The Bertz CT molecular complexity index is 201. The van der Waals surface area contributed by atoms with Gasteiger partial charge in [-0.25, -0.2) is 0 Å². The minimum Gasteiger partial charge on any atom is -0.481 e. The number of carboxylic acid groups (broad SMARTS) is 1. The van der Waals surface area contributed by atoms with Gasteiger partial charge in [0.15, 0.2) is 0 Å². The maximum absolute atomic E-state index is 10.5. The molecule has 0 saturated carbocycles. The summed E-state index contributed by atoms with van der Waals surface area (Å²) in [5.74, 6) is 0.744. The molecule has 0 saturated heterocycles. The second-order valence-corrected chi connectivity index (χ2v) is 5.92. The van der Waals surface area contributed by atoms with Gasteiger partial charge in [-0.2, -0.15) is 0 Å². The van der Waals surface area contributed by atoms with E-state index in [0.717, 1.165) is 12.3 Å². The fraction of sp³-hybridized carbons (Fsp3) is 0.938. The SMILES string of the molecule is CCCCCCC(C)CCCC(C)CCC(=O)O. The second-order valence-electron chi connectivity index (χ2n) is 5.92. The van der Waals surface area contributed by atoms with Crippen LogP contribution in [0, 0.1) is 11.8 Å². The minimum absolute atomic E-state index is 0.327. The third-order valence-corrected chi connectivity index (χ3v) is 3.80. The number of rotatable bonds is 12. The first kappa shape index (κ1) is 17.5. The van der Waals surface area contributed by atoms with E-state index < -0.39 is 5.97 Å². The van der Waals surface area contributed by atoms with Crippen molar-refractivity contribution in [3.63, 3.8) is 0 Å². The molecule has 0 aromatic carbocycles. The van der Waals surface area contributed by atoms with E-state index in [9.17, 15) is 4.79 Å². The first-order chi connectivity index (χ1) is 8.56. The molecule has 2 nitrogen and oxygen atoms in total. The zero-order valence-electron chi connectivity index (χ0n) is 12.6. The number of carbonyl (C=O) groups is 1. The normalized spacial score (nSPS) is 14.4. The summed E-state index contributed by atoms with van der Waals surface area (Å²) in [6.07, 6.45) is 11.7. The van der Waals surface area contributed by atoms with Gasteiger partial charge in [-0.3, -0.25) is 4.79 Å². The van der Waals surface area contributed by atoms with Gasteiger partial charge in [-0.15, -0.1) is 0 Å². The topological polar surface area (TPSA) is 37.3 Å². The molecule has 0 bridgehead atoms. The summed E-state index contributed by atoms with van der Waals surface area (Å²) in [5, 5.41) is 8.62. The highest BCUT2D eigenvalue weighted by Crippen LogP contribution is 2.20. The number of carboxylic acids is 1. The van der Waals surface area contributed by atoms with Gasteiger partial charge in [0.1, 0.15) is 0 Å². The van der Waals surface area contributed by atoms with Crippen molar-refractivity contribution >= 4 is 5.97 Å². The van der Waals surface area contributed by atoms with Crippen LogP contribution in [0.4, 0.5) is 0 Å². The van der Waals surface area contributed by atoms with Crippen LogP contribution in [0.3, 0.4) is 0 Å². The summed E-state index contributed by atoms with van der Waals surface area (Å²) >= 11 is 0. The number of hydrogen-bond acceptors (Lipinski definition) is 1. The molecule has 2 heteroatoms. The zero-order valence-corrected chi connectivity index (χ0v) is 12.6. The first-order valence-electron chi connectivity index (χ1n) is 7.78. The lowest BCUT2D eigenvalue weighted by Crippen LogP contribution is -2.02. The van der Waals surface area contributed by atoms with Crippen LogP contribution in [0.5, 0.6) is 0 Å². The van der Waals surface area contributed by atoms with E-state index in [0.29, 0.717) is 12.3 Å². The predicted molar refractivity (Wildman–Crippen MR) is 77.8 cm³/mol. The van der Waals surface area contributed by atoms with Gasteiger partial charge in [0.2, 0.25) is 0 Å². The van der Waals surface area contributed by atoms with Crippen LogP contribution in [0.2, 0.25) is 0 Å². The van der Waals surface area contributed by atoms with Crippen molar-refractivity contribution in [1.82, 2.24) is 0 Å².